The first kappa shape index (κ1) is 19.4. The third-order valence-electron chi connectivity index (χ3n) is 3.63. The Bertz CT molecular complexity index is 961. The molecule has 0 spiro atoms. The van der Waals surface area contributed by atoms with E-state index in [0.29, 0.717) is 0 Å². The zero-order valence-electron chi connectivity index (χ0n) is 15.7. The number of carbonyl (C=O) groups excluding carboxylic acids is 1. The fourth-order valence-corrected chi connectivity index (χ4v) is 6.49. The van der Waals surface area contributed by atoms with E-state index in [-0.39, 0.29) is 5.97 Å². The number of aromatic nitrogens is 1. The van der Waals surface area contributed by atoms with Gasteiger partial charge in [0.05, 0.1) is 0 Å². The Morgan fingerprint density at radius 1 is 0.889 bits per heavy atom. The summed E-state index contributed by atoms with van der Waals surface area (Å²) in [5.41, 5.74) is 1.08. The predicted octanol–water partition coefficient (Wildman–Crippen LogP) is 5.36. The van der Waals surface area contributed by atoms with Gasteiger partial charge >= 0.3 is 168 Å². The summed E-state index contributed by atoms with van der Waals surface area (Å²) < 4.78 is 9.17. The number of benzene rings is 2. The molecule has 27 heavy (non-hydrogen) atoms. The van der Waals surface area contributed by atoms with Gasteiger partial charge in [-0.3, -0.25) is 0 Å². The second-order valence-electron chi connectivity index (χ2n) is 6.96. The van der Waals surface area contributed by atoms with Crippen LogP contribution in [0.2, 0.25) is 0 Å². The van der Waals surface area contributed by atoms with Crippen molar-refractivity contribution in [2.45, 2.75) is 20.8 Å². The molecular formula is C22H23IN2O2. The molecule has 0 unspecified atom stereocenters. The minimum absolute atomic E-state index is 0.196. The fourth-order valence-electron chi connectivity index (χ4n) is 2.16. The zero-order chi connectivity index (χ0) is 19.3. The normalized spacial score (nSPS) is 12.6. The molecule has 5 heteroatoms. The van der Waals surface area contributed by atoms with Crippen LogP contribution in [0.1, 0.15) is 20.8 Å². The molecule has 3 aromatic rings. The van der Waals surface area contributed by atoms with E-state index in [9.17, 15) is 4.79 Å². The average Bonchev–Trinajstić information content (AvgIpc) is 2.67. The van der Waals surface area contributed by atoms with Gasteiger partial charge in [0.25, 0.3) is 0 Å². The van der Waals surface area contributed by atoms with Crippen molar-refractivity contribution >= 4 is 32.2 Å². The maximum absolute atomic E-state index is 12.7. The zero-order valence-corrected chi connectivity index (χ0v) is 17.8. The van der Waals surface area contributed by atoms with Crippen LogP contribution < -0.4 is 5.49 Å². The molecule has 140 valence electrons. The van der Waals surface area contributed by atoms with Gasteiger partial charge in [0.15, 0.2) is 0 Å². The molecule has 2 aromatic carbocycles. The first-order valence-corrected chi connectivity index (χ1v) is 11.6. The minimum atomic E-state index is -2.54. The van der Waals surface area contributed by atoms with Crippen molar-refractivity contribution in [3.05, 3.63) is 94.1 Å². The Kier molecular flexibility index (Phi) is 6.11. The SMILES string of the molecule is CC(C)(C)C(=O)OI(c1ccccc1)n1ccccc1=Nc1ccccc1. The van der Waals surface area contributed by atoms with E-state index in [2.05, 4.69) is 0 Å². The summed E-state index contributed by atoms with van der Waals surface area (Å²) in [6.45, 7) is 5.62. The van der Waals surface area contributed by atoms with Gasteiger partial charge in [-0.1, -0.05) is 0 Å². The van der Waals surface area contributed by atoms with Gasteiger partial charge in [0.2, 0.25) is 0 Å². The van der Waals surface area contributed by atoms with E-state index < -0.39 is 25.9 Å². The van der Waals surface area contributed by atoms with E-state index in [1.165, 1.54) is 0 Å². The van der Waals surface area contributed by atoms with Crippen molar-refractivity contribution in [1.82, 2.24) is 2.78 Å². The van der Waals surface area contributed by atoms with Crippen molar-refractivity contribution in [2.75, 3.05) is 0 Å². The molecule has 0 radical (unpaired) electrons. The number of halogens is 1. The van der Waals surface area contributed by atoms with Crippen LogP contribution in [-0.2, 0) is 7.86 Å². The van der Waals surface area contributed by atoms with Gasteiger partial charge in [0, 0.05) is 0 Å². The van der Waals surface area contributed by atoms with Crippen molar-refractivity contribution in [1.29, 1.82) is 0 Å². The Balaban J connectivity index is 2.11. The van der Waals surface area contributed by atoms with Gasteiger partial charge in [-0.2, -0.15) is 0 Å². The molecule has 0 aliphatic carbocycles. The van der Waals surface area contributed by atoms with Gasteiger partial charge in [-0.25, -0.2) is 0 Å². The fraction of sp³-hybridized carbons (Fsp3) is 0.182. The molecule has 0 aliphatic heterocycles. The first-order chi connectivity index (χ1) is 12.9. The number of hydrogen-bond donors (Lipinski definition) is 0. The average molecular weight is 474 g/mol. The van der Waals surface area contributed by atoms with Crippen LogP contribution >= 0.6 is 20.5 Å². The van der Waals surface area contributed by atoms with E-state index >= 15 is 0 Å². The van der Waals surface area contributed by atoms with E-state index in [1.54, 1.807) is 0 Å². The summed E-state index contributed by atoms with van der Waals surface area (Å²) in [5, 5.41) is 0. The molecule has 1 aromatic heterocycles. The molecule has 0 saturated carbocycles. The number of hydrogen-bond acceptors (Lipinski definition) is 3. The second kappa shape index (κ2) is 8.52. The number of pyridine rings is 1. The van der Waals surface area contributed by atoms with Gasteiger partial charge < -0.3 is 0 Å². The number of rotatable bonds is 4. The second-order valence-corrected chi connectivity index (χ2v) is 11.0. The third-order valence-corrected chi connectivity index (χ3v) is 7.99. The van der Waals surface area contributed by atoms with Crippen LogP contribution in [0.25, 0.3) is 0 Å². The summed E-state index contributed by atoms with van der Waals surface area (Å²) in [6, 6.07) is 25.6. The molecule has 1 heterocycles. The van der Waals surface area contributed by atoms with E-state index in [0.717, 1.165) is 14.7 Å². The first-order valence-electron chi connectivity index (χ1n) is 8.71. The van der Waals surface area contributed by atoms with Crippen LogP contribution in [0.15, 0.2) is 90.1 Å². The summed E-state index contributed by atoms with van der Waals surface area (Å²) in [7, 11) is 0. The molecule has 0 saturated heterocycles. The quantitative estimate of drug-likeness (QED) is 0.478. The molecular weight excluding hydrogens is 451 g/mol. The molecule has 3 rings (SSSR count). The molecule has 0 aliphatic rings. The molecule has 4 nitrogen and oxygen atoms in total. The van der Waals surface area contributed by atoms with Crippen LogP contribution in [0.5, 0.6) is 0 Å². The molecule has 0 atom stereocenters. The Labute approximate surface area is 167 Å². The van der Waals surface area contributed by atoms with Crippen LogP contribution in [0.4, 0.5) is 5.69 Å². The summed E-state index contributed by atoms with van der Waals surface area (Å²) in [5.74, 6) is -0.196. The molecule has 0 amide bonds. The standard InChI is InChI=1S/C22H23IN2O2/c1-22(2,3)21(26)27-23(18-12-6-4-7-13-18)25-17-11-10-16-20(25)24-19-14-8-5-9-15-19/h4-17H,1-3H3. The van der Waals surface area contributed by atoms with Crippen molar-refractivity contribution in [3.8, 4) is 0 Å². The summed E-state index contributed by atoms with van der Waals surface area (Å²) in [4.78, 5) is 17.4. The predicted molar refractivity (Wildman–Crippen MR) is 116 cm³/mol. The number of carbonyl (C=O) groups is 1. The Hall–Kier alpha value is -2.41. The van der Waals surface area contributed by atoms with Gasteiger partial charge in [-0.15, -0.1) is 0 Å². The Morgan fingerprint density at radius 3 is 2.11 bits per heavy atom. The number of para-hydroxylation sites is 1. The van der Waals surface area contributed by atoms with Crippen molar-refractivity contribution in [2.24, 2.45) is 10.4 Å². The van der Waals surface area contributed by atoms with Crippen molar-refractivity contribution in [3.63, 3.8) is 0 Å². The molecule has 0 fully saturated rings. The monoisotopic (exact) mass is 474 g/mol. The van der Waals surface area contributed by atoms with Gasteiger partial charge in [-0.05, 0) is 0 Å². The van der Waals surface area contributed by atoms with Crippen LogP contribution in [-0.4, -0.2) is 8.75 Å². The van der Waals surface area contributed by atoms with Crippen LogP contribution in [0.3, 0.4) is 0 Å². The number of nitrogens with zero attached hydrogens (tertiary/aromatic N) is 2. The third kappa shape index (κ3) is 5.07. The maximum atomic E-state index is 12.7. The summed E-state index contributed by atoms with van der Waals surface area (Å²) >= 11 is -2.54. The van der Waals surface area contributed by atoms with Crippen LogP contribution in [0, 0.1) is 8.99 Å². The molecule has 0 bridgehead atoms. The van der Waals surface area contributed by atoms with E-state index in [1.807, 2.05) is 109 Å². The van der Waals surface area contributed by atoms with E-state index in [4.69, 9.17) is 8.06 Å². The van der Waals surface area contributed by atoms with Crippen molar-refractivity contribution < 1.29 is 7.86 Å². The van der Waals surface area contributed by atoms with Gasteiger partial charge in [0.1, 0.15) is 0 Å². The topological polar surface area (TPSA) is 43.6 Å². The summed E-state index contributed by atoms with van der Waals surface area (Å²) in [6.07, 6.45) is 1.95. The molecule has 0 N–H and O–H groups in total. The Morgan fingerprint density at radius 2 is 1.48 bits per heavy atom.